The average Bonchev–Trinajstić information content (AvgIpc) is 1.34. The van der Waals surface area contributed by atoms with Crippen molar-refractivity contribution in [2.24, 2.45) is 0 Å². The molecular formula is C76H62O18. The van der Waals surface area contributed by atoms with Crippen molar-refractivity contribution in [3.8, 4) is 34.5 Å². The fraction of sp³-hybridized carbons (Fsp3) is 0.0263. The Morgan fingerprint density at radius 1 is 0.202 bits per heavy atom. The topological polar surface area (TPSA) is 273 Å². The van der Waals surface area contributed by atoms with Crippen molar-refractivity contribution in [1.82, 2.24) is 0 Å². The number of benzene rings is 11. The fourth-order valence-corrected chi connectivity index (χ4v) is 7.38. The summed E-state index contributed by atoms with van der Waals surface area (Å²) < 4.78 is 31.8. The Balaban J connectivity index is 0.000000220. The Morgan fingerprint density at radius 2 is 0.383 bits per heavy atom. The standard InChI is InChI=1S/3C20H14O4.2C7H6O2.2CH4O/c21-19(15-9-3-1-4-10-15)23-17-13-7-8-14-18(17)24-20(22)16-11-5-2-6-12-16;21-19(15-8-3-1-4-9-15)23-17-12-7-13-18(14-17)24-20(22)16-10-5-2-6-11-16;21-19(15-7-3-1-4-8-15)23-17-11-13-18(14-12-17)24-20(22)16-9-5-2-6-10-16;2*8-7(9)6-4-2-1-3-5-6;2*1-2/h3*1-14H;2*1-5H,(H,8,9);2*2H,1H3. The molecule has 11 aromatic carbocycles. The van der Waals surface area contributed by atoms with Crippen LogP contribution in [0.5, 0.6) is 34.5 Å². The lowest BCUT2D eigenvalue weighted by molar-refractivity contribution is 0.0682. The van der Waals surface area contributed by atoms with E-state index < -0.39 is 47.8 Å². The molecule has 0 aromatic heterocycles. The molecule has 94 heavy (non-hydrogen) atoms. The summed E-state index contributed by atoms with van der Waals surface area (Å²) in [5.74, 6) is -2.86. The molecule has 0 atom stereocenters. The lowest BCUT2D eigenvalue weighted by Gasteiger charge is -2.10. The molecule has 0 aliphatic heterocycles. The van der Waals surface area contributed by atoms with Crippen LogP contribution < -0.4 is 28.4 Å². The second-order valence-corrected chi connectivity index (χ2v) is 18.3. The molecule has 474 valence electrons. The van der Waals surface area contributed by atoms with Gasteiger partial charge in [0.25, 0.3) is 0 Å². The van der Waals surface area contributed by atoms with Crippen LogP contribution in [0.15, 0.2) is 315 Å². The lowest BCUT2D eigenvalue weighted by Crippen LogP contribution is -2.12. The summed E-state index contributed by atoms with van der Waals surface area (Å²) in [6.07, 6.45) is 0. The monoisotopic (exact) mass is 1260 g/mol. The highest BCUT2D eigenvalue weighted by Crippen LogP contribution is 2.29. The van der Waals surface area contributed by atoms with E-state index in [-0.39, 0.29) is 11.5 Å². The molecule has 0 fully saturated rings. The van der Waals surface area contributed by atoms with Gasteiger partial charge in [0.1, 0.15) is 23.0 Å². The van der Waals surface area contributed by atoms with Gasteiger partial charge in [0.15, 0.2) is 11.5 Å². The Bertz CT molecular complexity index is 3820. The number of hydrogen-bond donors (Lipinski definition) is 4. The van der Waals surface area contributed by atoms with E-state index in [9.17, 15) is 38.4 Å². The maximum atomic E-state index is 12.2. The van der Waals surface area contributed by atoms with Crippen molar-refractivity contribution in [1.29, 1.82) is 0 Å². The third-order valence-corrected chi connectivity index (χ3v) is 11.8. The summed E-state index contributed by atoms with van der Waals surface area (Å²) >= 11 is 0. The molecule has 0 aliphatic carbocycles. The summed E-state index contributed by atoms with van der Waals surface area (Å²) in [7, 11) is 2.00. The first-order chi connectivity index (χ1) is 45.8. The van der Waals surface area contributed by atoms with Gasteiger partial charge in [-0.25, -0.2) is 38.4 Å². The molecule has 0 bridgehead atoms. The molecule has 0 heterocycles. The van der Waals surface area contributed by atoms with Gasteiger partial charge in [0, 0.05) is 20.3 Å². The van der Waals surface area contributed by atoms with Gasteiger partial charge in [-0.05, 0) is 146 Å². The molecule has 18 heteroatoms. The van der Waals surface area contributed by atoms with Gasteiger partial charge in [-0.2, -0.15) is 0 Å². The minimum atomic E-state index is -0.879. The summed E-state index contributed by atoms with van der Waals surface area (Å²) in [6.45, 7) is 0. The number of aromatic carboxylic acids is 2. The van der Waals surface area contributed by atoms with Crippen molar-refractivity contribution in [3.05, 3.63) is 360 Å². The smallest absolute Gasteiger partial charge is 0.343 e. The molecule has 0 radical (unpaired) electrons. The molecule has 4 N–H and O–H groups in total. The molecule has 0 aliphatic rings. The van der Waals surface area contributed by atoms with E-state index >= 15 is 0 Å². The van der Waals surface area contributed by atoms with E-state index in [2.05, 4.69) is 0 Å². The lowest BCUT2D eigenvalue weighted by atomic mass is 10.2. The van der Waals surface area contributed by atoms with Crippen LogP contribution in [0.4, 0.5) is 0 Å². The summed E-state index contributed by atoms with van der Waals surface area (Å²) in [6, 6.07) is 87.9. The van der Waals surface area contributed by atoms with Gasteiger partial charge in [0.2, 0.25) is 0 Å². The minimum Gasteiger partial charge on any atom is -0.478 e. The number of carbonyl (C=O) groups excluding carboxylic acids is 6. The Kier molecular flexibility index (Phi) is 31.0. The molecule has 11 rings (SSSR count). The third-order valence-electron chi connectivity index (χ3n) is 11.8. The molecule has 0 saturated carbocycles. The first-order valence-electron chi connectivity index (χ1n) is 28.2. The highest BCUT2D eigenvalue weighted by Gasteiger charge is 2.17. The van der Waals surface area contributed by atoms with Crippen LogP contribution in [-0.4, -0.2) is 82.4 Å². The number of ether oxygens (including phenoxy) is 6. The van der Waals surface area contributed by atoms with Gasteiger partial charge in [0.05, 0.1) is 44.5 Å². The highest BCUT2D eigenvalue weighted by atomic mass is 16.6. The predicted octanol–water partition coefficient (Wildman–Crippen LogP) is 14.4. The normalized spacial score (nSPS) is 9.49. The number of aliphatic hydroxyl groups excluding tert-OH is 2. The molecule has 0 unspecified atom stereocenters. The van der Waals surface area contributed by atoms with Crippen LogP contribution in [0.25, 0.3) is 0 Å². The van der Waals surface area contributed by atoms with Crippen LogP contribution in [0.1, 0.15) is 82.9 Å². The van der Waals surface area contributed by atoms with Crippen molar-refractivity contribution in [3.63, 3.8) is 0 Å². The van der Waals surface area contributed by atoms with Crippen molar-refractivity contribution in [2.45, 2.75) is 0 Å². The largest absolute Gasteiger partial charge is 0.478 e. The van der Waals surface area contributed by atoms with E-state index in [1.54, 1.807) is 273 Å². The number of aliphatic hydroxyl groups is 2. The van der Waals surface area contributed by atoms with Gasteiger partial charge >= 0.3 is 47.8 Å². The van der Waals surface area contributed by atoms with Gasteiger partial charge < -0.3 is 48.8 Å². The number of esters is 6. The Morgan fingerprint density at radius 3 is 0.585 bits per heavy atom. The molecule has 0 saturated heterocycles. The zero-order valence-electron chi connectivity index (χ0n) is 50.5. The molecule has 0 amide bonds. The molecule has 18 nitrogen and oxygen atoms in total. The van der Waals surface area contributed by atoms with Crippen LogP contribution in [-0.2, 0) is 0 Å². The summed E-state index contributed by atoms with van der Waals surface area (Å²) in [4.78, 5) is 92.7. The van der Waals surface area contributed by atoms with E-state index in [1.165, 1.54) is 6.07 Å². The second-order valence-electron chi connectivity index (χ2n) is 18.3. The molecule has 0 spiro atoms. The van der Waals surface area contributed by atoms with Crippen molar-refractivity contribution >= 4 is 47.8 Å². The highest BCUT2D eigenvalue weighted by molar-refractivity contribution is 5.95. The number of rotatable bonds is 14. The Labute approximate surface area is 541 Å². The fourth-order valence-electron chi connectivity index (χ4n) is 7.38. The van der Waals surface area contributed by atoms with Gasteiger partial charge in [-0.15, -0.1) is 0 Å². The van der Waals surface area contributed by atoms with Crippen molar-refractivity contribution < 1.29 is 87.2 Å². The SMILES string of the molecule is CO.CO.O=C(O)c1ccccc1.O=C(O)c1ccccc1.O=C(Oc1ccc(OC(=O)c2ccccc2)cc1)c1ccccc1.O=C(Oc1cccc(OC(=O)c2ccccc2)c1)c1ccccc1.O=C(Oc1ccccc1OC(=O)c1ccccc1)c1ccccc1. The maximum Gasteiger partial charge on any atom is 0.343 e. The summed E-state index contributed by atoms with van der Waals surface area (Å²) in [5.41, 5.74) is 3.33. The van der Waals surface area contributed by atoms with E-state index in [1.807, 2.05) is 36.4 Å². The zero-order chi connectivity index (χ0) is 67.7. The number of carboxylic acid groups (broad SMARTS) is 2. The zero-order valence-corrected chi connectivity index (χ0v) is 50.5. The van der Waals surface area contributed by atoms with E-state index in [4.69, 9.17) is 48.8 Å². The maximum absolute atomic E-state index is 12.2. The number of hydrogen-bond acceptors (Lipinski definition) is 16. The minimum absolute atomic E-state index is 0.190. The van der Waals surface area contributed by atoms with Crippen LogP contribution in [0.3, 0.4) is 0 Å². The number of carboxylic acids is 2. The van der Waals surface area contributed by atoms with Gasteiger partial charge in [-0.1, -0.05) is 164 Å². The van der Waals surface area contributed by atoms with Crippen LogP contribution in [0, 0.1) is 0 Å². The first kappa shape index (κ1) is 71.8. The Hall–Kier alpha value is -12.9. The van der Waals surface area contributed by atoms with E-state index in [0.717, 1.165) is 14.2 Å². The first-order valence-corrected chi connectivity index (χ1v) is 28.2. The van der Waals surface area contributed by atoms with Crippen LogP contribution in [0.2, 0.25) is 0 Å². The van der Waals surface area contributed by atoms with Gasteiger partial charge in [-0.3, -0.25) is 0 Å². The second kappa shape index (κ2) is 40.6. The molecule has 11 aromatic rings. The average molecular weight is 1260 g/mol. The third kappa shape index (κ3) is 25.3. The summed E-state index contributed by atoms with van der Waals surface area (Å²) in [5, 5.41) is 30.8. The van der Waals surface area contributed by atoms with Crippen molar-refractivity contribution in [2.75, 3.05) is 14.2 Å². The number of carbonyl (C=O) groups is 8. The predicted molar refractivity (Wildman–Crippen MR) is 351 cm³/mol. The van der Waals surface area contributed by atoms with E-state index in [0.29, 0.717) is 67.5 Å². The molecular weight excluding hydrogens is 1200 g/mol. The number of para-hydroxylation sites is 2. The van der Waals surface area contributed by atoms with Crippen LogP contribution >= 0.6 is 0 Å². The quantitative estimate of drug-likeness (QED) is 0.0582.